The molecule has 0 spiro atoms. The first-order chi connectivity index (χ1) is 13.4. The number of amides is 2. The van der Waals surface area contributed by atoms with E-state index in [2.05, 4.69) is 5.32 Å². The summed E-state index contributed by atoms with van der Waals surface area (Å²) in [5.41, 5.74) is 1.60. The van der Waals surface area contributed by atoms with Crippen LogP contribution in [-0.4, -0.2) is 47.8 Å². The fourth-order valence-corrected chi connectivity index (χ4v) is 3.81. The van der Waals surface area contributed by atoms with Gasteiger partial charge < -0.3 is 10.2 Å². The summed E-state index contributed by atoms with van der Waals surface area (Å²) in [6.07, 6.45) is 1.59. The average molecular weight is 420 g/mol. The van der Waals surface area contributed by atoms with E-state index in [0.29, 0.717) is 28.7 Å². The lowest BCUT2D eigenvalue weighted by Crippen LogP contribution is -2.45. The minimum atomic E-state index is -0.346. The van der Waals surface area contributed by atoms with E-state index in [1.807, 2.05) is 35.2 Å². The summed E-state index contributed by atoms with van der Waals surface area (Å²) in [5.74, 6) is -0.159. The van der Waals surface area contributed by atoms with Crippen LogP contribution in [0.2, 0.25) is 10.0 Å². The summed E-state index contributed by atoms with van der Waals surface area (Å²) in [7, 11) is 1.79. The lowest BCUT2D eigenvalue weighted by Gasteiger charge is -2.26. The SMILES string of the molecule is CN(Cc1ccccc1)C(=O)CN1CCCC1C(=O)Nc1ccc(Cl)cc1Cl. The van der Waals surface area contributed by atoms with Gasteiger partial charge in [0, 0.05) is 18.6 Å². The van der Waals surface area contributed by atoms with E-state index in [-0.39, 0.29) is 24.4 Å². The summed E-state index contributed by atoms with van der Waals surface area (Å²) in [5, 5.41) is 3.76. The van der Waals surface area contributed by atoms with Crippen LogP contribution in [0.5, 0.6) is 0 Å². The molecule has 5 nitrogen and oxygen atoms in total. The molecule has 1 fully saturated rings. The van der Waals surface area contributed by atoms with Crippen LogP contribution in [0, 0.1) is 0 Å². The molecule has 28 heavy (non-hydrogen) atoms. The largest absolute Gasteiger partial charge is 0.340 e. The molecule has 0 radical (unpaired) electrons. The predicted octanol–water partition coefficient (Wildman–Crippen LogP) is 4.05. The third kappa shape index (κ3) is 5.25. The van der Waals surface area contributed by atoms with Gasteiger partial charge in [0.05, 0.1) is 23.3 Å². The van der Waals surface area contributed by atoms with Gasteiger partial charge in [-0.25, -0.2) is 0 Å². The molecule has 0 saturated carbocycles. The van der Waals surface area contributed by atoms with Crippen molar-refractivity contribution in [1.29, 1.82) is 0 Å². The number of nitrogens with one attached hydrogen (secondary N) is 1. The standard InChI is InChI=1S/C21H23Cl2N3O2/c1-25(13-15-6-3-2-4-7-15)20(27)14-26-11-5-8-19(26)21(28)24-18-10-9-16(22)12-17(18)23/h2-4,6-7,9-10,12,19H,5,8,11,13-14H2,1H3,(H,24,28). The zero-order valence-electron chi connectivity index (χ0n) is 15.7. The highest BCUT2D eigenvalue weighted by Gasteiger charge is 2.32. The molecule has 0 aliphatic carbocycles. The summed E-state index contributed by atoms with van der Waals surface area (Å²) < 4.78 is 0. The van der Waals surface area contributed by atoms with Crippen LogP contribution in [0.15, 0.2) is 48.5 Å². The van der Waals surface area contributed by atoms with Gasteiger partial charge in [0.25, 0.3) is 0 Å². The van der Waals surface area contributed by atoms with E-state index >= 15 is 0 Å². The molecule has 2 aromatic rings. The van der Waals surface area contributed by atoms with Crippen molar-refractivity contribution < 1.29 is 9.59 Å². The van der Waals surface area contributed by atoms with Crippen LogP contribution in [0.25, 0.3) is 0 Å². The highest BCUT2D eigenvalue weighted by atomic mass is 35.5. The lowest BCUT2D eigenvalue weighted by atomic mass is 10.2. The quantitative estimate of drug-likeness (QED) is 0.767. The molecule has 1 heterocycles. The maximum atomic E-state index is 12.7. The second kappa shape index (κ2) is 9.41. The van der Waals surface area contributed by atoms with E-state index in [9.17, 15) is 9.59 Å². The fourth-order valence-electron chi connectivity index (χ4n) is 3.36. The van der Waals surface area contributed by atoms with Gasteiger partial charge in [-0.2, -0.15) is 0 Å². The predicted molar refractivity (Wildman–Crippen MR) is 113 cm³/mol. The number of carbonyl (C=O) groups excluding carboxylic acids is 2. The molecule has 1 N–H and O–H groups in total. The van der Waals surface area contributed by atoms with E-state index < -0.39 is 0 Å². The van der Waals surface area contributed by atoms with E-state index in [0.717, 1.165) is 18.5 Å². The number of halogens is 2. The van der Waals surface area contributed by atoms with Crippen molar-refractivity contribution in [3.8, 4) is 0 Å². The molecule has 0 bridgehead atoms. The maximum absolute atomic E-state index is 12.7. The van der Waals surface area contributed by atoms with Crippen molar-refractivity contribution in [2.24, 2.45) is 0 Å². The number of anilines is 1. The minimum absolute atomic E-state index is 0.00641. The number of carbonyl (C=O) groups is 2. The lowest BCUT2D eigenvalue weighted by molar-refractivity contribution is -0.132. The van der Waals surface area contributed by atoms with Crippen molar-refractivity contribution in [1.82, 2.24) is 9.80 Å². The molecule has 3 rings (SSSR count). The molecule has 0 aromatic heterocycles. The summed E-state index contributed by atoms with van der Waals surface area (Å²) >= 11 is 12.0. The van der Waals surface area contributed by atoms with Crippen LogP contribution < -0.4 is 5.32 Å². The third-order valence-electron chi connectivity index (χ3n) is 4.88. The van der Waals surface area contributed by atoms with E-state index in [1.54, 1.807) is 30.1 Å². The number of likely N-dealkylation sites (tertiary alicyclic amines) is 1. The molecule has 1 unspecified atom stereocenters. The van der Waals surface area contributed by atoms with Gasteiger partial charge in [0.1, 0.15) is 0 Å². The average Bonchev–Trinajstić information content (AvgIpc) is 3.13. The van der Waals surface area contributed by atoms with Crippen LogP contribution in [0.1, 0.15) is 18.4 Å². The molecule has 2 aromatic carbocycles. The molecule has 1 saturated heterocycles. The first kappa shape index (κ1) is 20.6. The van der Waals surface area contributed by atoms with Gasteiger partial charge in [-0.15, -0.1) is 0 Å². The molecule has 1 aliphatic rings. The van der Waals surface area contributed by atoms with E-state index in [1.165, 1.54) is 0 Å². The van der Waals surface area contributed by atoms with Gasteiger partial charge in [0.2, 0.25) is 11.8 Å². The Morgan fingerprint density at radius 3 is 2.64 bits per heavy atom. The smallest absolute Gasteiger partial charge is 0.241 e. The number of likely N-dealkylation sites (N-methyl/N-ethyl adjacent to an activating group) is 1. The van der Waals surface area contributed by atoms with Gasteiger partial charge in [0.15, 0.2) is 0 Å². The Morgan fingerprint density at radius 2 is 1.93 bits per heavy atom. The number of hydrogen-bond acceptors (Lipinski definition) is 3. The topological polar surface area (TPSA) is 52.7 Å². The first-order valence-corrected chi connectivity index (χ1v) is 9.97. The van der Waals surface area contributed by atoms with Gasteiger partial charge in [-0.1, -0.05) is 53.5 Å². The summed E-state index contributed by atoms with van der Waals surface area (Å²) in [6.45, 7) is 1.48. The third-order valence-corrected chi connectivity index (χ3v) is 5.43. The highest BCUT2D eigenvalue weighted by Crippen LogP contribution is 2.27. The highest BCUT2D eigenvalue weighted by molar-refractivity contribution is 6.36. The molecule has 148 valence electrons. The Labute approximate surface area is 175 Å². The fraction of sp³-hybridized carbons (Fsp3) is 0.333. The zero-order chi connectivity index (χ0) is 20.1. The Balaban J connectivity index is 1.59. The minimum Gasteiger partial charge on any atom is -0.340 e. The normalized spacial score (nSPS) is 16.8. The van der Waals surface area contributed by atoms with Gasteiger partial charge >= 0.3 is 0 Å². The van der Waals surface area contributed by atoms with Crippen LogP contribution in [0.4, 0.5) is 5.69 Å². The van der Waals surface area contributed by atoms with Crippen molar-refractivity contribution >= 4 is 40.7 Å². The number of rotatable bonds is 6. The Bertz CT molecular complexity index is 845. The number of benzene rings is 2. The second-order valence-corrected chi connectivity index (χ2v) is 7.82. The maximum Gasteiger partial charge on any atom is 0.241 e. The van der Waals surface area contributed by atoms with Crippen molar-refractivity contribution in [3.63, 3.8) is 0 Å². The van der Waals surface area contributed by atoms with Crippen molar-refractivity contribution in [3.05, 3.63) is 64.1 Å². The van der Waals surface area contributed by atoms with Crippen LogP contribution in [-0.2, 0) is 16.1 Å². The molecular weight excluding hydrogens is 397 g/mol. The Morgan fingerprint density at radius 1 is 1.18 bits per heavy atom. The molecule has 1 atom stereocenters. The van der Waals surface area contributed by atoms with Crippen LogP contribution >= 0.6 is 23.2 Å². The molecule has 7 heteroatoms. The molecule has 2 amide bonds. The summed E-state index contributed by atoms with van der Waals surface area (Å²) in [4.78, 5) is 29.0. The van der Waals surface area contributed by atoms with Crippen molar-refractivity contribution in [2.45, 2.75) is 25.4 Å². The summed E-state index contributed by atoms with van der Waals surface area (Å²) in [6, 6.07) is 14.4. The van der Waals surface area contributed by atoms with Crippen LogP contribution in [0.3, 0.4) is 0 Å². The Hall–Kier alpha value is -2.08. The number of hydrogen-bond donors (Lipinski definition) is 1. The molecule has 1 aliphatic heterocycles. The Kier molecular flexibility index (Phi) is 6.94. The van der Waals surface area contributed by atoms with Crippen molar-refractivity contribution in [2.75, 3.05) is 25.5 Å². The van der Waals surface area contributed by atoms with E-state index in [4.69, 9.17) is 23.2 Å². The first-order valence-electron chi connectivity index (χ1n) is 9.22. The van der Waals surface area contributed by atoms with Gasteiger partial charge in [-0.05, 0) is 43.1 Å². The number of nitrogens with zero attached hydrogens (tertiary/aromatic N) is 2. The molecular formula is C21H23Cl2N3O2. The second-order valence-electron chi connectivity index (χ2n) is 6.98. The monoisotopic (exact) mass is 419 g/mol. The zero-order valence-corrected chi connectivity index (χ0v) is 17.2. The van der Waals surface area contributed by atoms with Gasteiger partial charge in [-0.3, -0.25) is 14.5 Å².